The van der Waals surface area contributed by atoms with Gasteiger partial charge in [-0.1, -0.05) is 49.3 Å². The Bertz CT molecular complexity index is 733. The number of amides is 1. The van der Waals surface area contributed by atoms with Gasteiger partial charge in [0.2, 0.25) is 5.91 Å². The standard InChI is InChI=1S/C24H34N2O3/c1-3-6-18-9-11-20(12-10-18)23-21(14-27)26(13-19-7-4-5-8-19)24(23)16-25(17-24)22(28)15-29-2/h3,6,9-12,19,21,23,27H,4-5,7-8,13-17H2,1-2H3/b6-3+/t21-,23+/m1/s1. The number of carbonyl (C=O) groups is 1. The smallest absolute Gasteiger partial charge is 0.248 e. The second-order valence-corrected chi connectivity index (χ2v) is 8.98. The summed E-state index contributed by atoms with van der Waals surface area (Å²) in [6.45, 7) is 4.86. The Labute approximate surface area is 174 Å². The highest BCUT2D eigenvalue weighted by molar-refractivity contribution is 5.79. The number of ether oxygens (including phenoxy) is 1. The van der Waals surface area contributed by atoms with Crippen LogP contribution in [0, 0.1) is 5.92 Å². The van der Waals surface area contributed by atoms with Crippen LogP contribution in [-0.4, -0.2) is 72.4 Å². The van der Waals surface area contributed by atoms with Crippen molar-refractivity contribution < 1.29 is 14.6 Å². The predicted octanol–water partition coefficient (Wildman–Crippen LogP) is 2.90. The number of aliphatic hydroxyl groups is 1. The monoisotopic (exact) mass is 398 g/mol. The quantitative estimate of drug-likeness (QED) is 0.767. The van der Waals surface area contributed by atoms with Gasteiger partial charge in [-0.25, -0.2) is 0 Å². The van der Waals surface area contributed by atoms with Crippen molar-refractivity contribution in [2.24, 2.45) is 5.92 Å². The van der Waals surface area contributed by atoms with Gasteiger partial charge in [0.15, 0.2) is 0 Å². The van der Waals surface area contributed by atoms with E-state index in [1.54, 1.807) is 7.11 Å². The fourth-order valence-corrected chi connectivity index (χ4v) is 5.88. The van der Waals surface area contributed by atoms with Crippen LogP contribution >= 0.6 is 0 Å². The van der Waals surface area contributed by atoms with Crippen LogP contribution in [0.25, 0.3) is 6.08 Å². The van der Waals surface area contributed by atoms with Gasteiger partial charge in [-0.2, -0.15) is 0 Å². The van der Waals surface area contributed by atoms with Crippen LogP contribution in [0.3, 0.4) is 0 Å². The van der Waals surface area contributed by atoms with Crippen molar-refractivity contribution in [1.29, 1.82) is 0 Å². The van der Waals surface area contributed by atoms with Gasteiger partial charge in [0.05, 0.1) is 12.1 Å². The molecule has 5 nitrogen and oxygen atoms in total. The van der Waals surface area contributed by atoms with Crippen LogP contribution in [0.4, 0.5) is 0 Å². The average Bonchev–Trinajstić information content (AvgIpc) is 3.19. The number of hydrogen-bond donors (Lipinski definition) is 1. The van der Waals surface area contributed by atoms with Crippen LogP contribution in [0.15, 0.2) is 30.3 Å². The summed E-state index contributed by atoms with van der Waals surface area (Å²) in [4.78, 5) is 16.8. The van der Waals surface area contributed by atoms with E-state index in [2.05, 4.69) is 35.2 Å². The zero-order chi connectivity index (χ0) is 20.4. The Morgan fingerprint density at radius 3 is 2.52 bits per heavy atom. The molecule has 5 heteroatoms. The summed E-state index contributed by atoms with van der Waals surface area (Å²) in [6.07, 6.45) is 9.38. The Hall–Kier alpha value is -1.69. The number of methoxy groups -OCH3 is 1. The van der Waals surface area contributed by atoms with E-state index in [1.165, 1.54) is 36.8 Å². The van der Waals surface area contributed by atoms with Gasteiger partial charge in [0.1, 0.15) is 6.61 Å². The van der Waals surface area contributed by atoms with Crippen molar-refractivity contribution in [3.05, 3.63) is 41.5 Å². The summed E-state index contributed by atoms with van der Waals surface area (Å²) in [6, 6.07) is 8.86. The Morgan fingerprint density at radius 2 is 1.93 bits per heavy atom. The molecule has 1 aromatic carbocycles. The lowest BCUT2D eigenvalue weighted by Gasteiger charge is -2.71. The van der Waals surface area contributed by atoms with Gasteiger partial charge in [0.25, 0.3) is 0 Å². The molecule has 1 spiro atoms. The fraction of sp³-hybridized carbons (Fsp3) is 0.625. The molecule has 2 atom stereocenters. The number of aliphatic hydroxyl groups excluding tert-OH is 1. The molecule has 2 saturated heterocycles. The minimum absolute atomic E-state index is 0.0402. The molecule has 3 fully saturated rings. The van der Waals surface area contributed by atoms with E-state index < -0.39 is 0 Å². The molecule has 0 bridgehead atoms. The molecule has 0 radical (unpaired) electrons. The first-order chi connectivity index (χ1) is 14.1. The minimum Gasteiger partial charge on any atom is -0.395 e. The van der Waals surface area contributed by atoms with Crippen LogP contribution in [0.2, 0.25) is 0 Å². The number of rotatable bonds is 7. The highest BCUT2D eigenvalue weighted by atomic mass is 16.5. The van der Waals surface area contributed by atoms with Crippen molar-refractivity contribution in [1.82, 2.24) is 9.80 Å². The third-order valence-corrected chi connectivity index (χ3v) is 7.26. The first kappa shape index (κ1) is 20.6. The van der Waals surface area contributed by atoms with Gasteiger partial charge < -0.3 is 14.7 Å². The summed E-state index contributed by atoms with van der Waals surface area (Å²) in [5.41, 5.74) is 2.43. The number of hydrogen-bond acceptors (Lipinski definition) is 4. The van der Waals surface area contributed by atoms with E-state index in [9.17, 15) is 9.90 Å². The van der Waals surface area contributed by atoms with Gasteiger partial charge in [-0.3, -0.25) is 9.69 Å². The number of benzene rings is 1. The molecule has 1 amide bonds. The normalized spacial score (nSPS) is 26.8. The lowest BCUT2D eigenvalue weighted by Crippen LogP contribution is -2.85. The van der Waals surface area contributed by atoms with Crippen molar-refractivity contribution in [2.45, 2.75) is 50.1 Å². The van der Waals surface area contributed by atoms with Crippen molar-refractivity contribution >= 4 is 12.0 Å². The van der Waals surface area contributed by atoms with E-state index in [-0.39, 0.29) is 36.6 Å². The Morgan fingerprint density at radius 1 is 1.24 bits per heavy atom. The lowest BCUT2D eigenvalue weighted by atomic mass is 9.60. The second-order valence-electron chi connectivity index (χ2n) is 8.98. The summed E-state index contributed by atoms with van der Waals surface area (Å²) in [5.74, 6) is 1.05. The molecule has 1 aliphatic carbocycles. The molecule has 0 unspecified atom stereocenters. The Kier molecular flexibility index (Phi) is 6.09. The van der Waals surface area contributed by atoms with Crippen LogP contribution in [-0.2, 0) is 9.53 Å². The summed E-state index contributed by atoms with van der Waals surface area (Å²) < 4.78 is 5.05. The van der Waals surface area contributed by atoms with Gasteiger partial charge in [-0.05, 0) is 36.8 Å². The molecular weight excluding hydrogens is 364 g/mol. The number of nitrogens with zero attached hydrogens (tertiary/aromatic N) is 2. The van der Waals surface area contributed by atoms with Gasteiger partial charge in [0, 0.05) is 38.7 Å². The van der Waals surface area contributed by atoms with E-state index in [0.717, 1.165) is 25.6 Å². The maximum absolute atomic E-state index is 12.3. The second kappa shape index (κ2) is 8.58. The molecule has 2 aliphatic heterocycles. The SMILES string of the molecule is C/C=C/c1ccc([C@H]2[C@@H](CO)N(CC3CCCC3)C23CN(C(=O)COC)C3)cc1. The van der Waals surface area contributed by atoms with Crippen LogP contribution < -0.4 is 0 Å². The third-order valence-electron chi connectivity index (χ3n) is 7.26. The first-order valence-corrected chi connectivity index (χ1v) is 11.0. The topological polar surface area (TPSA) is 53.0 Å². The number of allylic oxidation sites excluding steroid dienone is 1. The molecular formula is C24H34N2O3. The zero-order valence-electron chi connectivity index (χ0n) is 17.7. The highest BCUT2D eigenvalue weighted by Crippen LogP contribution is 2.54. The van der Waals surface area contributed by atoms with E-state index in [1.807, 2.05) is 17.9 Å². The van der Waals surface area contributed by atoms with Crippen molar-refractivity contribution in [3.8, 4) is 0 Å². The lowest BCUT2D eigenvalue weighted by molar-refractivity contribution is -0.201. The highest BCUT2D eigenvalue weighted by Gasteiger charge is 2.66. The molecule has 3 aliphatic rings. The third kappa shape index (κ3) is 3.65. The van der Waals surface area contributed by atoms with E-state index in [4.69, 9.17) is 4.74 Å². The van der Waals surface area contributed by atoms with Crippen LogP contribution in [0.5, 0.6) is 0 Å². The number of carbonyl (C=O) groups excluding carboxylic acids is 1. The molecule has 1 saturated carbocycles. The molecule has 29 heavy (non-hydrogen) atoms. The van der Waals surface area contributed by atoms with Crippen molar-refractivity contribution in [3.63, 3.8) is 0 Å². The average molecular weight is 399 g/mol. The molecule has 4 rings (SSSR count). The largest absolute Gasteiger partial charge is 0.395 e. The molecule has 158 valence electrons. The summed E-state index contributed by atoms with van der Waals surface area (Å²) in [7, 11) is 1.57. The first-order valence-electron chi connectivity index (χ1n) is 11.0. The molecule has 2 heterocycles. The predicted molar refractivity (Wildman–Crippen MR) is 115 cm³/mol. The maximum Gasteiger partial charge on any atom is 0.248 e. The fourth-order valence-electron chi connectivity index (χ4n) is 5.88. The molecule has 1 N–H and O–H groups in total. The summed E-state index contributed by atoms with van der Waals surface area (Å²) in [5, 5.41) is 10.3. The molecule has 0 aromatic heterocycles. The van der Waals surface area contributed by atoms with Gasteiger partial charge >= 0.3 is 0 Å². The van der Waals surface area contributed by atoms with E-state index >= 15 is 0 Å². The van der Waals surface area contributed by atoms with Crippen LogP contribution in [0.1, 0.15) is 49.7 Å². The van der Waals surface area contributed by atoms with E-state index in [0.29, 0.717) is 0 Å². The maximum atomic E-state index is 12.3. The summed E-state index contributed by atoms with van der Waals surface area (Å²) >= 11 is 0. The molecule has 1 aromatic rings. The number of likely N-dealkylation sites (tertiary alicyclic amines) is 2. The van der Waals surface area contributed by atoms with Crippen molar-refractivity contribution in [2.75, 3.05) is 40.0 Å². The Balaban J connectivity index is 1.57. The van der Waals surface area contributed by atoms with Gasteiger partial charge in [-0.15, -0.1) is 0 Å². The zero-order valence-corrected chi connectivity index (χ0v) is 17.7. The minimum atomic E-state index is -0.0402.